The third kappa shape index (κ3) is 3.04. The molecule has 1 unspecified atom stereocenters. The van der Waals surface area contributed by atoms with Crippen LogP contribution in [0.4, 0.5) is 25.1 Å². The van der Waals surface area contributed by atoms with Gasteiger partial charge in [-0.05, 0) is 30.9 Å². The molecule has 1 N–H and O–H groups in total. The summed E-state index contributed by atoms with van der Waals surface area (Å²) < 4.78 is 39.1. The Balaban J connectivity index is 1.47. The van der Waals surface area contributed by atoms with Gasteiger partial charge in [-0.15, -0.1) is 0 Å². The van der Waals surface area contributed by atoms with E-state index in [9.17, 15) is 13.6 Å². The summed E-state index contributed by atoms with van der Waals surface area (Å²) >= 11 is 0. The van der Waals surface area contributed by atoms with Gasteiger partial charge in [0.05, 0.1) is 12.1 Å². The van der Waals surface area contributed by atoms with E-state index < -0.39 is 18.6 Å². The number of carbonyl (C=O) groups excluding carboxylic acids is 1. The Morgan fingerprint density at radius 1 is 1.29 bits per heavy atom. The van der Waals surface area contributed by atoms with Gasteiger partial charge < -0.3 is 19.4 Å². The number of halogens is 2. The Bertz CT molecular complexity index is 913. The third-order valence-corrected chi connectivity index (χ3v) is 5.31. The molecule has 7 nitrogen and oxygen atoms in total. The van der Waals surface area contributed by atoms with E-state index in [0.717, 1.165) is 28.6 Å². The van der Waals surface area contributed by atoms with Crippen molar-refractivity contribution < 1.29 is 23.0 Å². The highest BCUT2D eigenvalue weighted by Gasteiger charge is 2.42. The van der Waals surface area contributed by atoms with Crippen LogP contribution in [0.5, 0.6) is 5.75 Å². The zero-order valence-corrected chi connectivity index (χ0v) is 15.1. The molecular weight excluding hydrogens is 370 g/mol. The Morgan fingerprint density at radius 2 is 2.14 bits per heavy atom. The molecule has 2 aliphatic heterocycles. The highest BCUT2D eigenvalue weighted by atomic mass is 19.3. The Kier molecular flexibility index (Phi) is 4.10. The van der Waals surface area contributed by atoms with Gasteiger partial charge in [0.1, 0.15) is 30.8 Å². The van der Waals surface area contributed by atoms with Crippen LogP contribution in [0.3, 0.4) is 0 Å². The highest BCUT2D eigenvalue weighted by molar-refractivity contribution is 5.89. The van der Waals surface area contributed by atoms with Crippen molar-refractivity contribution in [3.05, 3.63) is 24.4 Å². The van der Waals surface area contributed by atoms with Crippen molar-refractivity contribution in [2.45, 2.75) is 31.9 Å². The minimum Gasteiger partial charge on any atom is -0.491 e. The van der Waals surface area contributed by atoms with Crippen LogP contribution in [-0.4, -0.2) is 47.9 Å². The molecule has 1 saturated carbocycles. The first-order valence-electron chi connectivity index (χ1n) is 9.42. The second kappa shape index (κ2) is 6.65. The van der Waals surface area contributed by atoms with Crippen LogP contribution in [0.25, 0.3) is 11.4 Å². The van der Waals surface area contributed by atoms with Crippen molar-refractivity contribution in [1.82, 2.24) is 9.55 Å². The summed E-state index contributed by atoms with van der Waals surface area (Å²) in [5, 5.41) is 3.42. The molecule has 0 spiro atoms. The van der Waals surface area contributed by atoms with E-state index in [1.807, 2.05) is 22.8 Å². The normalized spacial score (nSPS) is 21.0. The molecule has 5 rings (SSSR count). The lowest BCUT2D eigenvalue weighted by atomic mass is 10.1. The van der Waals surface area contributed by atoms with Crippen LogP contribution < -0.4 is 15.0 Å². The summed E-state index contributed by atoms with van der Waals surface area (Å²) in [6.07, 6.45) is 0.647. The zero-order valence-electron chi connectivity index (χ0n) is 15.1. The lowest BCUT2D eigenvalue weighted by Gasteiger charge is -2.17. The summed E-state index contributed by atoms with van der Waals surface area (Å²) in [5.41, 5.74) is 1.74. The SMILES string of the molecule is O=C1OCC(C(F)F)N1c1cn2c(n1)-c1ccc(NCC3CC3)cc1OCC2. The molecule has 9 heteroatoms. The molecule has 1 amide bonds. The smallest absolute Gasteiger partial charge is 0.416 e. The van der Waals surface area contributed by atoms with E-state index in [2.05, 4.69) is 10.3 Å². The van der Waals surface area contributed by atoms with Crippen molar-refractivity contribution in [2.24, 2.45) is 5.92 Å². The van der Waals surface area contributed by atoms with Crippen molar-refractivity contribution in [3.63, 3.8) is 0 Å². The number of fused-ring (bicyclic) bond motifs is 3. The Hall–Kier alpha value is -2.84. The maximum atomic E-state index is 13.3. The van der Waals surface area contributed by atoms with Crippen LogP contribution >= 0.6 is 0 Å². The average molecular weight is 390 g/mol. The first kappa shape index (κ1) is 17.3. The van der Waals surface area contributed by atoms with E-state index in [1.165, 1.54) is 12.8 Å². The first-order valence-corrected chi connectivity index (χ1v) is 9.42. The van der Waals surface area contributed by atoms with Crippen LogP contribution in [0, 0.1) is 5.92 Å². The molecular formula is C19H20F2N4O3. The van der Waals surface area contributed by atoms with E-state index >= 15 is 0 Å². The largest absolute Gasteiger partial charge is 0.491 e. The molecule has 2 fully saturated rings. The molecule has 1 saturated heterocycles. The van der Waals surface area contributed by atoms with Gasteiger partial charge in [0.2, 0.25) is 0 Å². The maximum absolute atomic E-state index is 13.3. The number of alkyl halides is 2. The molecule has 0 radical (unpaired) electrons. The topological polar surface area (TPSA) is 68.6 Å². The maximum Gasteiger partial charge on any atom is 0.416 e. The van der Waals surface area contributed by atoms with Crippen molar-refractivity contribution in [3.8, 4) is 17.1 Å². The quantitative estimate of drug-likeness (QED) is 0.848. The number of carbonyl (C=O) groups is 1. The lowest BCUT2D eigenvalue weighted by molar-refractivity contribution is 0.104. The summed E-state index contributed by atoms with van der Waals surface area (Å²) in [6, 6.07) is 4.48. The van der Waals surface area contributed by atoms with Gasteiger partial charge in [-0.2, -0.15) is 0 Å². The number of benzene rings is 1. The molecule has 1 aliphatic carbocycles. The number of amides is 1. The molecule has 1 aromatic heterocycles. The average Bonchev–Trinajstić information content (AvgIpc) is 3.34. The summed E-state index contributed by atoms with van der Waals surface area (Å²) in [5.74, 6) is 2.20. The molecule has 1 aromatic carbocycles. The molecule has 2 aromatic rings. The first-order chi connectivity index (χ1) is 13.6. The Labute approximate surface area is 160 Å². The van der Waals surface area contributed by atoms with Gasteiger partial charge in [-0.25, -0.2) is 23.5 Å². The van der Waals surface area contributed by atoms with Crippen LogP contribution in [-0.2, 0) is 11.3 Å². The minimum absolute atomic E-state index is 0.173. The van der Waals surface area contributed by atoms with Gasteiger partial charge in [0.25, 0.3) is 6.43 Å². The standard InChI is InChI=1S/C19H20F2N4O3/c20-17(21)14-10-28-19(26)25(14)16-9-24-5-6-27-15-7-12(22-8-11-1-2-11)3-4-13(15)18(24)23-16/h3-4,7,9,11,14,17,22H,1-2,5-6,8,10H2. The number of imidazole rings is 1. The van der Waals surface area contributed by atoms with Gasteiger partial charge in [-0.1, -0.05) is 0 Å². The van der Waals surface area contributed by atoms with E-state index in [4.69, 9.17) is 9.47 Å². The summed E-state index contributed by atoms with van der Waals surface area (Å²) in [4.78, 5) is 17.4. The molecule has 0 bridgehead atoms. The number of nitrogens with one attached hydrogen (secondary N) is 1. The highest BCUT2D eigenvalue weighted by Crippen LogP contribution is 2.37. The zero-order chi connectivity index (χ0) is 19.3. The fourth-order valence-corrected chi connectivity index (χ4v) is 3.56. The van der Waals surface area contributed by atoms with Gasteiger partial charge >= 0.3 is 6.09 Å². The van der Waals surface area contributed by atoms with Crippen LogP contribution in [0.15, 0.2) is 24.4 Å². The number of nitrogens with zero attached hydrogens (tertiary/aromatic N) is 3. The fraction of sp³-hybridized carbons (Fsp3) is 0.474. The number of hydrogen-bond donors (Lipinski definition) is 1. The molecule has 28 heavy (non-hydrogen) atoms. The van der Waals surface area contributed by atoms with E-state index in [1.54, 1.807) is 6.20 Å². The third-order valence-electron chi connectivity index (χ3n) is 5.31. The van der Waals surface area contributed by atoms with Gasteiger partial charge in [0.15, 0.2) is 5.82 Å². The second-order valence-electron chi connectivity index (χ2n) is 7.35. The summed E-state index contributed by atoms with van der Waals surface area (Å²) in [6.45, 7) is 1.53. The van der Waals surface area contributed by atoms with Crippen molar-refractivity contribution in [1.29, 1.82) is 0 Å². The number of ether oxygens (including phenoxy) is 2. The number of rotatable bonds is 5. The number of cyclic esters (lactones) is 1. The van der Waals surface area contributed by atoms with Crippen molar-refractivity contribution in [2.75, 3.05) is 30.0 Å². The Morgan fingerprint density at radius 3 is 2.93 bits per heavy atom. The number of aromatic nitrogens is 2. The van der Waals surface area contributed by atoms with Gasteiger partial charge in [-0.3, -0.25) is 0 Å². The van der Waals surface area contributed by atoms with E-state index in [-0.39, 0.29) is 12.4 Å². The monoisotopic (exact) mass is 390 g/mol. The molecule has 3 aliphatic rings. The number of hydrogen-bond acceptors (Lipinski definition) is 5. The van der Waals surface area contributed by atoms with Crippen LogP contribution in [0.2, 0.25) is 0 Å². The van der Waals surface area contributed by atoms with Gasteiger partial charge in [0, 0.05) is 24.5 Å². The minimum atomic E-state index is -2.70. The second-order valence-corrected chi connectivity index (χ2v) is 7.35. The van der Waals surface area contributed by atoms with E-state index in [0.29, 0.717) is 24.7 Å². The molecule has 1 atom stereocenters. The van der Waals surface area contributed by atoms with Crippen molar-refractivity contribution >= 4 is 17.6 Å². The summed E-state index contributed by atoms with van der Waals surface area (Å²) in [7, 11) is 0. The predicted octanol–water partition coefficient (Wildman–Crippen LogP) is 3.35. The van der Waals surface area contributed by atoms with Crippen LogP contribution in [0.1, 0.15) is 12.8 Å². The lowest BCUT2D eigenvalue weighted by Crippen LogP contribution is -2.38. The predicted molar refractivity (Wildman–Crippen MR) is 98.0 cm³/mol. The number of anilines is 2. The fourth-order valence-electron chi connectivity index (χ4n) is 3.56. The molecule has 3 heterocycles. The molecule has 148 valence electrons.